The van der Waals surface area contributed by atoms with Gasteiger partial charge in [-0.2, -0.15) is 0 Å². The molecule has 8 nitrogen and oxygen atoms in total. The van der Waals surface area contributed by atoms with Crippen LogP contribution in [-0.4, -0.2) is 58.1 Å². The predicted octanol–water partition coefficient (Wildman–Crippen LogP) is 4.46. The zero-order valence-corrected chi connectivity index (χ0v) is 23.1. The van der Waals surface area contributed by atoms with Crippen LogP contribution in [0.25, 0.3) is 5.82 Å². The van der Waals surface area contributed by atoms with E-state index in [1.807, 2.05) is 19.9 Å². The van der Waals surface area contributed by atoms with E-state index in [1.54, 1.807) is 29.4 Å². The second-order valence-corrected chi connectivity index (χ2v) is 10.5. The number of nitrogens with one attached hydrogen (secondary N) is 2. The molecule has 198 valence electrons. The number of H-pyrrole nitrogens is 1. The van der Waals surface area contributed by atoms with Crippen LogP contribution in [0.3, 0.4) is 0 Å². The highest BCUT2D eigenvalue weighted by molar-refractivity contribution is 6.31. The lowest BCUT2D eigenvalue weighted by molar-refractivity contribution is 0.0950. The maximum atomic E-state index is 13.4. The second kappa shape index (κ2) is 11.5. The first kappa shape index (κ1) is 26.9. The third kappa shape index (κ3) is 5.91. The smallest absolute Gasteiger partial charge is 0.251 e. The maximum Gasteiger partial charge on any atom is 0.251 e. The predicted molar refractivity (Wildman–Crippen MR) is 149 cm³/mol. The Kier molecular flexibility index (Phi) is 8.39. The SMILES string of the molecule is CCN(c1cc(Cl)cc(C(=O)NCc2c(-n3ccnc3)[nH]c(C)cc2=O)c1C)C1CCC(N(C)C)CC1. The number of rotatable bonds is 8. The molecule has 0 unspecified atom stereocenters. The molecule has 2 N–H and O–H groups in total. The van der Waals surface area contributed by atoms with Crippen molar-refractivity contribution in [2.24, 2.45) is 0 Å². The van der Waals surface area contributed by atoms with Gasteiger partial charge in [-0.05, 0) is 78.2 Å². The van der Waals surface area contributed by atoms with Crippen molar-refractivity contribution in [3.63, 3.8) is 0 Å². The van der Waals surface area contributed by atoms with E-state index in [-0.39, 0.29) is 17.9 Å². The highest BCUT2D eigenvalue weighted by Crippen LogP contribution is 2.34. The summed E-state index contributed by atoms with van der Waals surface area (Å²) in [6.07, 6.45) is 9.56. The lowest BCUT2D eigenvalue weighted by atomic mass is 9.89. The molecular formula is C28H37ClN6O2. The summed E-state index contributed by atoms with van der Waals surface area (Å²) in [7, 11) is 4.30. The Morgan fingerprint density at radius 2 is 1.86 bits per heavy atom. The van der Waals surface area contributed by atoms with Crippen molar-refractivity contribution in [3.05, 3.63) is 74.6 Å². The molecule has 1 aromatic carbocycles. The highest BCUT2D eigenvalue weighted by Gasteiger charge is 2.28. The Labute approximate surface area is 223 Å². The minimum absolute atomic E-state index is 0.0787. The van der Waals surface area contributed by atoms with Gasteiger partial charge in [0.05, 0.1) is 12.1 Å². The van der Waals surface area contributed by atoms with Crippen molar-refractivity contribution in [2.75, 3.05) is 25.5 Å². The van der Waals surface area contributed by atoms with Gasteiger partial charge in [-0.15, -0.1) is 0 Å². The molecule has 0 bridgehead atoms. The summed E-state index contributed by atoms with van der Waals surface area (Å²) in [5.41, 5.74) is 3.47. The number of aryl methyl sites for hydroxylation is 1. The number of benzene rings is 1. The standard InChI is InChI=1S/C28H37ClN6O2/c1-6-35(22-9-7-21(8-10-22)33(4)5)25-15-20(29)14-23(19(25)3)28(37)31-16-24-26(36)13-18(2)32-27(24)34-12-11-30-17-34/h11-15,17,21-22H,6-10,16H2,1-5H3,(H,31,37)(H,32,36). The number of aromatic nitrogens is 3. The van der Waals surface area contributed by atoms with E-state index in [1.165, 1.54) is 6.07 Å². The van der Waals surface area contributed by atoms with Gasteiger partial charge < -0.3 is 20.1 Å². The Morgan fingerprint density at radius 3 is 2.49 bits per heavy atom. The summed E-state index contributed by atoms with van der Waals surface area (Å²) < 4.78 is 1.74. The summed E-state index contributed by atoms with van der Waals surface area (Å²) in [5.74, 6) is 0.335. The van der Waals surface area contributed by atoms with Crippen LogP contribution in [0.1, 0.15) is 59.8 Å². The average molecular weight is 525 g/mol. The van der Waals surface area contributed by atoms with Crippen LogP contribution in [0.4, 0.5) is 5.69 Å². The number of anilines is 1. The van der Waals surface area contributed by atoms with Crippen molar-refractivity contribution in [1.29, 1.82) is 0 Å². The van der Waals surface area contributed by atoms with Gasteiger partial charge in [-0.25, -0.2) is 4.98 Å². The van der Waals surface area contributed by atoms with Crippen LogP contribution in [0.15, 0.2) is 41.7 Å². The number of carbonyl (C=O) groups is 1. The second-order valence-electron chi connectivity index (χ2n) is 10.1. The van der Waals surface area contributed by atoms with Crippen LogP contribution < -0.4 is 15.6 Å². The Hall–Kier alpha value is -3.10. The van der Waals surface area contributed by atoms with Gasteiger partial charge in [0.15, 0.2) is 5.43 Å². The Bertz CT molecular complexity index is 1290. The maximum absolute atomic E-state index is 13.4. The van der Waals surface area contributed by atoms with E-state index in [4.69, 9.17) is 11.6 Å². The lowest BCUT2D eigenvalue weighted by Crippen LogP contribution is -2.42. The summed E-state index contributed by atoms with van der Waals surface area (Å²) in [5, 5.41) is 3.48. The van der Waals surface area contributed by atoms with Crippen molar-refractivity contribution in [3.8, 4) is 5.82 Å². The first-order valence-electron chi connectivity index (χ1n) is 12.9. The Balaban J connectivity index is 1.57. The monoisotopic (exact) mass is 524 g/mol. The number of nitrogens with zero attached hydrogens (tertiary/aromatic N) is 4. The number of imidazole rings is 1. The third-order valence-electron chi connectivity index (χ3n) is 7.51. The van der Waals surface area contributed by atoms with Gasteiger partial charge in [0.25, 0.3) is 5.91 Å². The number of carbonyl (C=O) groups excluding carboxylic acids is 1. The molecule has 3 aromatic rings. The van der Waals surface area contributed by atoms with Gasteiger partial charge in [-0.3, -0.25) is 14.2 Å². The molecule has 0 aliphatic heterocycles. The molecule has 9 heteroatoms. The number of hydrogen-bond donors (Lipinski definition) is 2. The van der Waals surface area contributed by atoms with E-state index in [0.29, 0.717) is 34.1 Å². The molecule has 4 rings (SSSR count). The van der Waals surface area contributed by atoms with Crippen molar-refractivity contribution in [1.82, 2.24) is 24.8 Å². The molecule has 0 saturated heterocycles. The van der Waals surface area contributed by atoms with E-state index in [2.05, 4.69) is 46.1 Å². The third-order valence-corrected chi connectivity index (χ3v) is 7.73. The van der Waals surface area contributed by atoms with Crippen molar-refractivity contribution in [2.45, 2.75) is 65.1 Å². The number of hydrogen-bond acceptors (Lipinski definition) is 5. The molecule has 1 amide bonds. The van der Waals surface area contributed by atoms with E-state index < -0.39 is 0 Å². The van der Waals surface area contributed by atoms with E-state index in [9.17, 15) is 9.59 Å². The van der Waals surface area contributed by atoms with E-state index >= 15 is 0 Å². The lowest BCUT2D eigenvalue weighted by Gasteiger charge is -2.40. The van der Waals surface area contributed by atoms with Crippen molar-refractivity contribution >= 4 is 23.2 Å². The summed E-state index contributed by atoms with van der Waals surface area (Å²) in [6.45, 7) is 6.87. The molecule has 0 spiro atoms. The number of amides is 1. The zero-order chi connectivity index (χ0) is 26.7. The quantitative estimate of drug-likeness (QED) is 0.454. The molecule has 37 heavy (non-hydrogen) atoms. The molecule has 2 aromatic heterocycles. The first-order chi connectivity index (χ1) is 17.7. The fourth-order valence-corrected chi connectivity index (χ4v) is 5.67. The minimum Gasteiger partial charge on any atom is -0.369 e. The van der Waals surface area contributed by atoms with Gasteiger partial charge >= 0.3 is 0 Å². The van der Waals surface area contributed by atoms with Gasteiger partial charge in [-0.1, -0.05) is 11.6 Å². The number of aromatic amines is 1. The highest BCUT2D eigenvalue weighted by atomic mass is 35.5. The fraction of sp³-hybridized carbons (Fsp3) is 0.464. The largest absolute Gasteiger partial charge is 0.369 e. The summed E-state index contributed by atoms with van der Waals surface area (Å²) >= 11 is 6.54. The normalized spacial score (nSPS) is 17.7. The van der Waals surface area contributed by atoms with Crippen LogP contribution >= 0.6 is 11.6 Å². The fourth-order valence-electron chi connectivity index (χ4n) is 5.46. The minimum atomic E-state index is -0.259. The molecule has 1 aliphatic rings. The molecule has 1 fully saturated rings. The molecule has 1 aliphatic carbocycles. The van der Waals surface area contributed by atoms with Gasteiger partial charge in [0.2, 0.25) is 0 Å². The molecule has 0 radical (unpaired) electrons. The molecule has 2 heterocycles. The topological polar surface area (TPSA) is 86.3 Å². The van der Waals surface area contributed by atoms with Gasteiger partial charge in [0, 0.05) is 59.1 Å². The zero-order valence-electron chi connectivity index (χ0n) is 22.3. The summed E-state index contributed by atoms with van der Waals surface area (Å²) in [6, 6.07) is 6.25. The summed E-state index contributed by atoms with van der Waals surface area (Å²) in [4.78, 5) is 38.2. The van der Waals surface area contributed by atoms with Crippen LogP contribution in [0, 0.1) is 13.8 Å². The molecule has 1 saturated carbocycles. The van der Waals surface area contributed by atoms with Crippen LogP contribution in [0.5, 0.6) is 0 Å². The molecular weight excluding hydrogens is 488 g/mol. The number of pyridine rings is 1. The number of halogens is 1. The first-order valence-corrected chi connectivity index (χ1v) is 13.3. The average Bonchev–Trinajstić information content (AvgIpc) is 3.40. The van der Waals surface area contributed by atoms with E-state index in [0.717, 1.165) is 49.2 Å². The Morgan fingerprint density at radius 1 is 1.16 bits per heavy atom. The van der Waals surface area contributed by atoms with Crippen LogP contribution in [0.2, 0.25) is 5.02 Å². The van der Waals surface area contributed by atoms with Crippen molar-refractivity contribution < 1.29 is 4.79 Å². The van der Waals surface area contributed by atoms with Gasteiger partial charge in [0.1, 0.15) is 12.1 Å². The van der Waals surface area contributed by atoms with Crippen LogP contribution in [-0.2, 0) is 6.54 Å². The molecule has 0 atom stereocenters.